The van der Waals surface area contributed by atoms with Gasteiger partial charge < -0.3 is 20.4 Å². The quantitative estimate of drug-likeness (QED) is 0.389. The molecule has 1 aromatic carbocycles. The van der Waals surface area contributed by atoms with Gasteiger partial charge in [0.25, 0.3) is 0 Å². The lowest BCUT2D eigenvalue weighted by molar-refractivity contribution is 0.0921. The standard InChI is InChI=1S/C21H30O5/c1-6-13(4)20(25)19-18(24)11-17(23)15(21(19)26)10-16(22)14(5)9-7-8-12(2)3/h8,11,13,16,22-24,26H,5-7,9-10H2,1-4H3. The van der Waals surface area contributed by atoms with Crippen molar-refractivity contribution in [2.45, 2.75) is 59.5 Å². The maximum Gasteiger partial charge on any atom is 0.173 e. The van der Waals surface area contributed by atoms with Crippen molar-refractivity contribution < 1.29 is 25.2 Å². The molecule has 0 spiro atoms. The number of phenols is 3. The van der Waals surface area contributed by atoms with Gasteiger partial charge in [0.05, 0.1) is 6.10 Å². The molecule has 0 radical (unpaired) electrons. The monoisotopic (exact) mass is 362 g/mol. The van der Waals surface area contributed by atoms with Crippen LogP contribution in [0.1, 0.15) is 62.9 Å². The van der Waals surface area contributed by atoms with Gasteiger partial charge in [-0.1, -0.05) is 32.1 Å². The molecule has 0 bridgehead atoms. The Morgan fingerprint density at radius 2 is 1.85 bits per heavy atom. The number of aliphatic hydroxyl groups is 1. The lowest BCUT2D eigenvalue weighted by Gasteiger charge is -2.18. The normalized spacial score (nSPS) is 13.1. The van der Waals surface area contributed by atoms with Gasteiger partial charge in [-0.05, 0) is 38.7 Å². The molecule has 0 amide bonds. The van der Waals surface area contributed by atoms with Crippen molar-refractivity contribution in [3.05, 3.63) is 41.0 Å². The second-order valence-electron chi connectivity index (χ2n) is 6.99. The van der Waals surface area contributed by atoms with Crippen molar-refractivity contribution in [2.75, 3.05) is 0 Å². The molecule has 1 rings (SSSR count). The van der Waals surface area contributed by atoms with Crippen molar-refractivity contribution in [2.24, 2.45) is 5.92 Å². The minimum Gasteiger partial charge on any atom is -0.507 e. The first-order chi connectivity index (χ1) is 12.1. The zero-order valence-corrected chi connectivity index (χ0v) is 16.0. The van der Waals surface area contributed by atoms with Crippen molar-refractivity contribution in [1.82, 2.24) is 0 Å². The SMILES string of the molecule is C=C(CCC=C(C)C)C(O)Cc1c(O)cc(O)c(C(=O)C(C)CC)c1O. The molecule has 0 saturated heterocycles. The Hall–Kier alpha value is -2.27. The maximum absolute atomic E-state index is 12.4. The molecule has 5 heteroatoms. The number of Topliss-reactive ketones (excluding diaryl/α,β-unsaturated/α-hetero) is 1. The summed E-state index contributed by atoms with van der Waals surface area (Å²) in [4.78, 5) is 12.4. The van der Waals surface area contributed by atoms with E-state index in [-0.39, 0.29) is 29.2 Å². The molecule has 0 heterocycles. The number of aromatic hydroxyl groups is 3. The maximum atomic E-state index is 12.4. The summed E-state index contributed by atoms with van der Waals surface area (Å²) in [5.41, 5.74) is 1.57. The fourth-order valence-electron chi connectivity index (χ4n) is 2.61. The topological polar surface area (TPSA) is 98.0 Å². The highest BCUT2D eigenvalue weighted by Gasteiger charge is 2.26. The predicted octanol–water partition coefficient (Wildman–Crippen LogP) is 4.24. The third-order valence-corrected chi connectivity index (χ3v) is 4.55. The zero-order valence-electron chi connectivity index (χ0n) is 16.0. The number of phenolic OH excluding ortho intramolecular Hbond substituents is 3. The Balaban J connectivity index is 3.08. The number of rotatable bonds is 9. The molecule has 0 fully saturated rings. The Morgan fingerprint density at radius 1 is 1.23 bits per heavy atom. The molecule has 2 unspecified atom stereocenters. The highest BCUT2D eigenvalue weighted by Crippen LogP contribution is 2.40. The Kier molecular flexibility index (Phi) is 7.90. The fraction of sp³-hybridized carbons (Fsp3) is 0.476. The van der Waals surface area contributed by atoms with Crippen molar-refractivity contribution in [3.63, 3.8) is 0 Å². The minimum atomic E-state index is -0.978. The van der Waals surface area contributed by atoms with E-state index in [1.54, 1.807) is 6.92 Å². The predicted molar refractivity (Wildman–Crippen MR) is 103 cm³/mol. The molecule has 0 aliphatic carbocycles. The second kappa shape index (κ2) is 9.43. The lowest BCUT2D eigenvalue weighted by atomic mass is 9.91. The van der Waals surface area contributed by atoms with E-state index in [1.165, 1.54) is 5.57 Å². The number of ketones is 1. The molecule has 0 aromatic heterocycles. The summed E-state index contributed by atoms with van der Waals surface area (Å²) in [5, 5.41) is 40.9. The van der Waals surface area contributed by atoms with E-state index in [1.807, 2.05) is 26.8 Å². The van der Waals surface area contributed by atoms with Crippen molar-refractivity contribution in [3.8, 4) is 17.2 Å². The van der Waals surface area contributed by atoms with E-state index in [0.29, 0.717) is 18.4 Å². The van der Waals surface area contributed by atoms with Crippen LogP contribution in [-0.4, -0.2) is 32.3 Å². The summed E-state index contributed by atoms with van der Waals surface area (Å²) in [7, 11) is 0. The molecule has 0 aliphatic rings. The third-order valence-electron chi connectivity index (χ3n) is 4.55. The van der Waals surface area contributed by atoms with Gasteiger partial charge in [0.15, 0.2) is 5.78 Å². The fourth-order valence-corrected chi connectivity index (χ4v) is 2.61. The number of benzene rings is 1. The number of carbonyl (C=O) groups is 1. The highest BCUT2D eigenvalue weighted by molar-refractivity contribution is 6.03. The molecular weight excluding hydrogens is 332 g/mol. The third kappa shape index (κ3) is 5.36. The van der Waals surface area contributed by atoms with Crippen LogP contribution in [0.4, 0.5) is 0 Å². The van der Waals surface area contributed by atoms with Gasteiger partial charge in [0.1, 0.15) is 22.8 Å². The van der Waals surface area contributed by atoms with Gasteiger partial charge in [0, 0.05) is 24.0 Å². The highest BCUT2D eigenvalue weighted by atomic mass is 16.3. The number of carbonyl (C=O) groups excluding carboxylic acids is 1. The largest absolute Gasteiger partial charge is 0.507 e. The van der Waals surface area contributed by atoms with Crippen LogP contribution in [0.3, 0.4) is 0 Å². The van der Waals surface area contributed by atoms with Gasteiger partial charge in [-0.25, -0.2) is 0 Å². The summed E-state index contributed by atoms with van der Waals surface area (Å²) >= 11 is 0. The summed E-state index contributed by atoms with van der Waals surface area (Å²) in [6, 6.07) is 1.03. The summed E-state index contributed by atoms with van der Waals surface area (Å²) < 4.78 is 0. The molecule has 144 valence electrons. The summed E-state index contributed by atoms with van der Waals surface area (Å²) in [5.74, 6) is -2.10. The number of hydrogen-bond donors (Lipinski definition) is 4. The van der Waals surface area contributed by atoms with Gasteiger partial charge in [-0.15, -0.1) is 0 Å². The molecule has 1 aromatic rings. The Labute approximate surface area is 155 Å². The first-order valence-electron chi connectivity index (χ1n) is 8.90. The van der Waals surface area contributed by atoms with Crippen molar-refractivity contribution >= 4 is 5.78 Å². The van der Waals surface area contributed by atoms with E-state index >= 15 is 0 Å². The lowest BCUT2D eigenvalue weighted by Crippen LogP contribution is -2.15. The van der Waals surface area contributed by atoms with E-state index < -0.39 is 23.4 Å². The Morgan fingerprint density at radius 3 is 2.38 bits per heavy atom. The molecule has 5 nitrogen and oxygen atoms in total. The van der Waals surface area contributed by atoms with Crippen LogP contribution >= 0.6 is 0 Å². The minimum absolute atomic E-state index is 0.0327. The van der Waals surface area contributed by atoms with Gasteiger partial charge in [-0.3, -0.25) is 4.79 Å². The van der Waals surface area contributed by atoms with Crippen LogP contribution in [0.2, 0.25) is 0 Å². The van der Waals surface area contributed by atoms with Crippen LogP contribution in [0, 0.1) is 5.92 Å². The Bertz CT molecular complexity index is 699. The van der Waals surface area contributed by atoms with E-state index in [2.05, 4.69) is 6.58 Å². The number of allylic oxidation sites excluding steroid dienone is 2. The summed E-state index contributed by atoms with van der Waals surface area (Å²) in [6.45, 7) is 11.4. The average molecular weight is 362 g/mol. The van der Waals surface area contributed by atoms with Crippen LogP contribution < -0.4 is 0 Å². The molecular formula is C21H30O5. The molecule has 0 saturated carbocycles. The van der Waals surface area contributed by atoms with Crippen LogP contribution in [-0.2, 0) is 6.42 Å². The molecule has 4 N–H and O–H groups in total. The van der Waals surface area contributed by atoms with Crippen LogP contribution in [0.25, 0.3) is 0 Å². The average Bonchev–Trinajstić information content (AvgIpc) is 2.56. The smallest absolute Gasteiger partial charge is 0.173 e. The van der Waals surface area contributed by atoms with E-state index in [9.17, 15) is 25.2 Å². The van der Waals surface area contributed by atoms with Crippen LogP contribution in [0.5, 0.6) is 17.2 Å². The first kappa shape index (κ1) is 21.8. The van der Waals surface area contributed by atoms with Gasteiger partial charge >= 0.3 is 0 Å². The molecule has 0 aliphatic heterocycles. The molecule has 2 atom stereocenters. The van der Waals surface area contributed by atoms with Crippen LogP contribution in [0.15, 0.2) is 29.9 Å². The van der Waals surface area contributed by atoms with E-state index in [0.717, 1.165) is 12.5 Å². The van der Waals surface area contributed by atoms with E-state index in [4.69, 9.17) is 0 Å². The van der Waals surface area contributed by atoms with Gasteiger partial charge in [0.2, 0.25) is 0 Å². The molecule has 26 heavy (non-hydrogen) atoms. The number of aliphatic hydroxyl groups excluding tert-OH is 1. The summed E-state index contributed by atoms with van der Waals surface area (Å²) in [6.07, 6.45) is 2.84. The van der Waals surface area contributed by atoms with Gasteiger partial charge in [-0.2, -0.15) is 0 Å². The van der Waals surface area contributed by atoms with Crippen molar-refractivity contribution in [1.29, 1.82) is 0 Å². The number of hydrogen-bond acceptors (Lipinski definition) is 5. The first-order valence-corrected chi connectivity index (χ1v) is 8.90. The second-order valence-corrected chi connectivity index (χ2v) is 6.99. The zero-order chi connectivity index (χ0) is 20.0.